The lowest BCUT2D eigenvalue weighted by Gasteiger charge is -2.32. The van der Waals surface area contributed by atoms with E-state index in [1.807, 2.05) is 66.4 Å². The van der Waals surface area contributed by atoms with E-state index in [0.29, 0.717) is 48.9 Å². The number of likely N-dealkylation sites (tertiary alicyclic amines) is 1. The standard InChI is InChI=1S/C28H34N4O3/c1-19(2)20(3)29-27(33)21-14-16-31(17-15-21)28(34)24-18-32(22-10-6-5-7-11-22)30-26(24)23-12-8-9-13-25(23)35-4/h5-13,18-21H,14-17H2,1-4H3,(H,29,33). The lowest BCUT2D eigenvalue weighted by Crippen LogP contribution is -2.45. The molecule has 7 nitrogen and oxygen atoms in total. The van der Waals surface area contributed by atoms with E-state index in [0.717, 1.165) is 11.3 Å². The van der Waals surface area contributed by atoms with E-state index in [1.54, 1.807) is 18.0 Å². The van der Waals surface area contributed by atoms with Crippen molar-refractivity contribution < 1.29 is 14.3 Å². The van der Waals surface area contributed by atoms with Gasteiger partial charge in [-0.3, -0.25) is 9.59 Å². The Bertz CT molecular complexity index is 1160. The van der Waals surface area contributed by atoms with Crippen LogP contribution in [0.2, 0.25) is 0 Å². The monoisotopic (exact) mass is 474 g/mol. The van der Waals surface area contributed by atoms with Crippen molar-refractivity contribution in [2.24, 2.45) is 11.8 Å². The highest BCUT2D eigenvalue weighted by Crippen LogP contribution is 2.33. The first-order chi connectivity index (χ1) is 16.9. The van der Waals surface area contributed by atoms with Crippen LogP contribution in [0.15, 0.2) is 60.8 Å². The number of carbonyl (C=O) groups excluding carboxylic acids is 2. The lowest BCUT2D eigenvalue weighted by molar-refractivity contribution is -0.127. The highest BCUT2D eigenvalue weighted by molar-refractivity contribution is 6.00. The molecular formula is C28H34N4O3. The molecule has 1 aliphatic heterocycles. The Morgan fingerprint density at radius 1 is 1.00 bits per heavy atom. The van der Waals surface area contributed by atoms with E-state index in [9.17, 15) is 9.59 Å². The van der Waals surface area contributed by atoms with E-state index >= 15 is 0 Å². The Morgan fingerprint density at radius 2 is 1.66 bits per heavy atom. The van der Waals surface area contributed by atoms with Crippen LogP contribution in [0.1, 0.15) is 44.0 Å². The summed E-state index contributed by atoms with van der Waals surface area (Å²) in [6.45, 7) is 7.30. The van der Waals surface area contributed by atoms with Crippen molar-refractivity contribution in [2.45, 2.75) is 39.7 Å². The van der Waals surface area contributed by atoms with Crippen LogP contribution in [0.3, 0.4) is 0 Å². The van der Waals surface area contributed by atoms with Gasteiger partial charge in [0.15, 0.2) is 0 Å². The number of methoxy groups -OCH3 is 1. The number of rotatable bonds is 7. The summed E-state index contributed by atoms with van der Waals surface area (Å²) in [7, 11) is 1.62. The molecule has 0 saturated carbocycles. The average Bonchev–Trinajstić information content (AvgIpc) is 3.34. The van der Waals surface area contributed by atoms with Gasteiger partial charge in [-0.25, -0.2) is 4.68 Å². The van der Waals surface area contributed by atoms with Crippen molar-refractivity contribution in [1.82, 2.24) is 20.0 Å². The van der Waals surface area contributed by atoms with Crippen LogP contribution in [0.5, 0.6) is 5.75 Å². The first kappa shape index (κ1) is 24.5. The highest BCUT2D eigenvalue weighted by Gasteiger charge is 2.31. The third kappa shape index (κ3) is 5.39. The van der Waals surface area contributed by atoms with Crippen LogP contribution in [-0.4, -0.2) is 52.7 Å². The second kappa shape index (κ2) is 10.8. The van der Waals surface area contributed by atoms with Gasteiger partial charge in [0.2, 0.25) is 5.91 Å². The summed E-state index contributed by atoms with van der Waals surface area (Å²) in [5, 5.41) is 7.91. The minimum absolute atomic E-state index is 0.0685. The summed E-state index contributed by atoms with van der Waals surface area (Å²) in [5.41, 5.74) is 2.75. The summed E-state index contributed by atoms with van der Waals surface area (Å²) in [5.74, 6) is 0.984. The van der Waals surface area contributed by atoms with Gasteiger partial charge >= 0.3 is 0 Å². The first-order valence-corrected chi connectivity index (χ1v) is 12.3. The lowest BCUT2D eigenvalue weighted by atomic mass is 9.94. The molecule has 0 aliphatic carbocycles. The highest BCUT2D eigenvalue weighted by atomic mass is 16.5. The molecule has 4 rings (SSSR count). The molecule has 7 heteroatoms. The smallest absolute Gasteiger partial charge is 0.257 e. The van der Waals surface area contributed by atoms with Crippen molar-refractivity contribution in [3.05, 3.63) is 66.4 Å². The number of amides is 2. The number of aromatic nitrogens is 2. The van der Waals surface area contributed by atoms with Gasteiger partial charge < -0.3 is 15.0 Å². The number of piperidine rings is 1. The molecule has 1 fully saturated rings. The van der Waals surface area contributed by atoms with Crippen LogP contribution >= 0.6 is 0 Å². The zero-order valence-corrected chi connectivity index (χ0v) is 20.9. The summed E-state index contributed by atoms with van der Waals surface area (Å²) >= 11 is 0. The van der Waals surface area contributed by atoms with Gasteiger partial charge in [0.25, 0.3) is 5.91 Å². The van der Waals surface area contributed by atoms with Gasteiger partial charge in [0.05, 0.1) is 18.4 Å². The zero-order chi connectivity index (χ0) is 24.9. The molecule has 0 radical (unpaired) electrons. The number of hydrogen-bond donors (Lipinski definition) is 1. The van der Waals surface area contributed by atoms with Crippen LogP contribution in [0.4, 0.5) is 0 Å². The van der Waals surface area contributed by atoms with Crippen LogP contribution in [-0.2, 0) is 4.79 Å². The Hall–Kier alpha value is -3.61. The molecule has 0 bridgehead atoms. The molecule has 1 unspecified atom stereocenters. The van der Waals surface area contributed by atoms with Crippen LogP contribution < -0.4 is 10.1 Å². The molecule has 0 spiro atoms. The third-order valence-electron chi connectivity index (χ3n) is 6.85. The topological polar surface area (TPSA) is 76.5 Å². The SMILES string of the molecule is COc1ccccc1-c1nn(-c2ccccc2)cc1C(=O)N1CCC(C(=O)NC(C)C(C)C)CC1. The van der Waals surface area contributed by atoms with Gasteiger partial charge in [-0.15, -0.1) is 0 Å². The van der Waals surface area contributed by atoms with E-state index < -0.39 is 0 Å². The number of ether oxygens (including phenoxy) is 1. The average molecular weight is 475 g/mol. The van der Waals surface area contributed by atoms with Crippen molar-refractivity contribution in [1.29, 1.82) is 0 Å². The van der Waals surface area contributed by atoms with E-state index in [4.69, 9.17) is 9.84 Å². The van der Waals surface area contributed by atoms with Crippen molar-refractivity contribution in [2.75, 3.05) is 20.2 Å². The third-order valence-corrected chi connectivity index (χ3v) is 6.85. The fraction of sp³-hybridized carbons (Fsp3) is 0.393. The van der Waals surface area contributed by atoms with Crippen molar-refractivity contribution in [3.63, 3.8) is 0 Å². The second-order valence-electron chi connectivity index (χ2n) is 9.48. The normalized spacial score (nSPS) is 15.2. The Kier molecular flexibility index (Phi) is 7.54. The molecule has 2 heterocycles. The Balaban J connectivity index is 1.58. The largest absolute Gasteiger partial charge is 0.496 e. The number of para-hydroxylation sites is 2. The zero-order valence-electron chi connectivity index (χ0n) is 20.9. The summed E-state index contributed by atoms with van der Waals surface area (Å²) < 4.78 is 7.30. The molecule has 3 aromatic rings. The summed E-state index contributed by atoms with van der Waals surface area (Å²) in [4.78, 5) is 28.2. The maximum atomic E-state index is 13.7. The van der Waals surface area contributed by atoms with Gasteiger partial charge in [-0.1, -0.05) is 44.2 Å². The molecule has 1 aliphatic rings. The minimum Gasteiger partial charge on any atom is -0.496 e. The predicted molar refractivity (Wildman–Crippen MR) is 137 cm³/mol. The molecule has 1 aromatic heterocycles. The number of nitrogens with zero attached hydrogens (tertiary/aromatic N) is 3. The molecule has 2 aromatic carbocycles. The molecule has 1 saturated heterocycles. The van der Waals surface area contributed by atoms with E-state index in [-0.39, 0.29) is 23.8 Å². The summed E-state index contributed by atoms with van der Waals surface area (Å²) in [6.07, 6.45) is 3.10. The van der Waals surface area contributed by atoms with Gasteiger partial charge in [0.1, 0.15) is 11.4 Å². The predicted octanol–water partition coefficient (Wildman–Crippen LogP) is 4.56. The van der Waals surface area contributed by atoms with Gasteiger partial charge in [0, 0.05) is 36.8 Å². The Labute approximate surface area is 207 Å². The molecule has 1 N–H and O–H groups in total. The molecule has 184 valence electrons. The van der Waals surface area contributed by atoms with Crippen LogP contribution in [0.25, 0.3) is 16.9 Å². The van der Waals surface area contributed by atoms with Crippen molar-refractivity contribution in [3.8, 4) is 22.7 Å². The second-order valence-corrected chi connectivity index (χ2v) is 9.48. The Morgan fingerprint density at radius 3 is 2.31 bits per heavy atom. The molecule has 2 amide bonds. The minimum atomic E-state index is -0.0810. The molecule has 35 heavy (non-hydrogen) atoms. The summed E-state index contributed by atoms with van der Waals surface area (Å²) in [6, 6.07) is 17.5. The fourth-order valence-electron chi connectivity index (χ4n) is 4.31. The maximum Gasteiger partial charge on any atom is 0.257 e. The number of nitrogens with one attached hydrogen (secondary N) is 1. The van der Waals surface area contributed by atoms with Gasteiger partial charge in [-0.05, 0) is 49.9 Å². The molecular weight excluding hydrogens is 440 g/mol. The fourth-order valence-corrected chi connectivity index (χ4v) is 4.31. The number of benzene rings is 2. The number of carbonyl (C=O) groups is 2. The van der Waals surface area contributed by atoms with E-state index in [1.165, 1.54) is 0 Å². The van der Waals surface area contributed by atoms with Crippen LogP contribution in [0, 0.1) is 11.8 Å². The maximum absolute atomic E-state index is 13.7. The number of hydrogen-bond acceptors (Lipinski definition) is 4. The van der Waals surface area contributed by atoms with E-state index in [2.05, 4.69) is 19.2 Å². The quantitative estimate of drug-likeness (QED) is 0.545. The first-order valence-electron chi connectivity index (χ1n) is 12.3. The molecule has 1 atom stereocenters. The van der Waals surface area contributed by atoms with Crippen molar-refractivity contribution >= 4 is 11.8 Å². The van der Waals surface area contributed by atoms with Gasteiger partial charge in [-0.2, -0.15) is 5.10 Å².